The van der Waals surface area contributed by atoms with E-state index in [0.29, 0.717) is 21.5 Å². The molecular formula is C21H14ClF3N4O2. The number of carbonyl (C=O) groups is 1. The lowest BCUT2D eigenvalue weighted by Crippen LogP contribution is -2.15. The number of hydrogen-bond acceptors (Lipinski definition) is 4. The normalized spacial score (nSPS) is 11.5. The van der Waals surface area contributed by atoms with Crippen LogP contribution in [0.15, 0.2) is 60.7 Å². The van der Waals surface area contributed by atoms with Gasteiger partial charge >= 0.3 is 6.18 Å². The van der Waals surface area contributed by atoms with Gasteiger partial charge in [-0.2, -0.15) is 18.3 Å². The molecule has 10 heteroatoms. The van der Waals surface area contributed by atoms with E-state index in [-0.39, 0.29) is 22.1 Å². The van der Waals surface area contributed by atoms with Crippen LogP contribution in [0.25, 0.3) is 16.9 Å². The molecule has 1 amide bonds. The van der Waals surface area contributed by atoms with Gasteiger partial charge in [0.25, 0.3) is 5.91 Å². The maximum Gasteiger partial charge on any atom is 0.433 e. The zero-order valence-corrected chi connectivity index (χ0v) is 16.7. The van der Waals surface area contributed by atoms with Gasteiger partial charge in [-0.1, -0.05) is 41.9 Å². The van der Waals surface area contributed by atoms with E-state index in [4.69, 9.17) is 16.3 Å². The number of fused-ring (bicyclic) bond motifs is 1. The summed E-state index contributed by atoms with van der Waals surface area (Å²) in [6.45, 7) is 0. The lowest BCUT2D eigenvalue weighted by molar-refractivity contribution is -0.142. The molecule has 2 aromatic carbocycles. The number of methoxy groups -OCH3 is 1. The fourth-order valence-corrected chi connectivity index (χ4v) is 3.23. The summed E-state index contributed by atoms with van der Waals surface area (Å²) in [6.07, 6.45) is -4.77. The second kappa shape index (κ2) is 7.92. The van der Waals surface area contributed by atoms with Gasteiger partial charge in [0.05, 0.1) is 12.8 Å². The molecule has 0 saturated heterocycles. The molecule has 0 unspecified atom stereocenters. The number of alkyl halides is 3. The van der Waals surface area contributed by atoms with Crippen molar-refractivity contribution in [3.63, 3.8) is 0 Å². The molecule has 0 fully saturated rings. The van der Waals surface area contributed by atoms with Crippen LogP contribution < -0.4 is 10.1 Å². The standard InChI is InChI=1S/C21H14ClF3N4O2/c1-31-14-9-5-6-12(10-14)15-11-16(21(23,24)25)29-19(27-15)17(22)18(28-29)20(30)26-13-7-3-2-4-8-13/h2-11H,1H3,(H,26,30). The highest BCUT2D eigenvalue weighted by Gasteiger charge is 2.36. The molecule has 1 N–H and O–H groups in total. The molecule has 0 radical (unpaired) electrons. The third-order valence-corrected chi connectivity index (χ3v) is 4.78. The number of para-hydroxylation sites is 1. The highest BCUT2D eigenvalue weighted by Crippen LogP contribution is 2.35. The van der Waals surface area contributed by atoms with E-state index in [1.807, 2.05) is 0 Å². The number of nitrogens with zero attached hydrogens (tertiary/aromatic N) is 3. The topological polar surface area (TPSA) is 68.5 Å². The van der Waals surface area contributed by atoms with Crippen LogP contribution in [0.3, 0.4) is 0 Å². The maximum atomic E-state index is 13.8. The number of amides is 1. The quantitative estimate of drug-likeness (QED) is 0.460. The SMILES string of the molecule is COc1cccc(-c2cc(C(F)(F)F)n3nc(C(=O)Nc4ccccc4)c(Cl)c3n2)c1. The first-order valence-electron chi connectivity index (χ1n) is 8.95. The largest absolute Gasteiger partial charge is 0.497 e. The molecule has 0 aliphatic carbocycles. The molecular weight excluding hydrogens is 433 g/mol. The van der Waals surface area contributed by atoms with E-state index in [9.17, 15) is 18.0 Å². The summed E-state index contributed by atoms with van der Waals surface area (Å²) in [6, 6.07) is 15.7. The van der Waals surface area contributed by atoms with E-state index in [1.165, 1.54) is 7.11 Å². The average molecular weight is 447 g/mol. The fraction of sp³-hybridized carbons (Fsp3) is 0.0952. The monoisotopic (exact) mass is 446 g/mol. The number of halogens is 4. The summed E-state index contributed by atoms with van der Waals surface area (Å²) in [5, 5.41) is 6.08. The fourth-order valence-electron chi connectivity index (χ4n) is 2.98. The summed E-state index contributed by atoms with van der Waals surface area (Å²) in [7, 11) is 1.45. The van der Waals surface area contributed by atoms with Gasteiger partial charge in [-0.3, -0.25) is 4.79 Å². The third kappa shape index (κ3) is 4.04. The van der Waals surface area contributed by atoms with E-state index in [0.717, 1.165) is 6.07 Å². The molecule has 0 bridgehead atoms. The van der Waals surface area contributed by atoms with Crippen molar-refractivity contribution in [1.29, 1.82) is 0 Å². The molecule has 158 valence electrons. The molecule has 0 spiro atoms. The van der Waals surface area contributed by atoms with Crippen molar-refractivity contribution >= 4 is 28.8 Å². The van der Waals surface area contributed by atoms with Crippen molar-refractivity contribution < 1.29 is 22.7 Å². The highest BCUT2D eigenvalue weighted by molar-refractivity contribution is 6.37. The molecule has 2 heterocycles. The lowest BCUT2D eigenvalue weighted by Gasteiger charge is -2.11. The van der Waals surface area contributed by atoms with Crippen molar-refractivity contribution in [2.75, 3.05) is 12.4 Å². The van der Waals surface area contributed by atoms with Gasteiger partial charge in [0.15, 0.2) is 17.0 Å². The van der Waals surface area contributed by atoms with Crippen LogP contribution in [0.2, 0.25) is 5.02 Å². The van der Waals surface area contributed by atoms with E-state index in [2.05, 4.69) is 15.4 Å². The number of nitrogens with one attached hydrogen (secondary N) is 1. The Hall–Kier alpha value is -3.59. The number of rotatable bonds is 4. The minimum Gasteiger partial charge on any atom is -0.497 e. The number of benzene rings is 2. The van der Waals surface area contributed by atoms with Gasteiger partial charge in [0.2, 0.25) is 0 Å². The molecule has 0 aliphatic heterocycles. The van der Waals surface area contributed by atoms with Gasteiger partial charge in [-0.25, -0.2) is 9.50 Å². The predicted octanol–water partition coefficient (Wildman–Crippen LogP) is 5.33. The minimum atomic E-state index is -4.77. The first-order valence-corrected chi connectivity index (χ1v) is 9.33. The molecule has 6 nitrogen and oxygen atoms in total. The van der Waals surface area contributed by atoms with Crippen molar-refractivity contribution in [2.24, 2.45) is 0 Å². The van der Waals surface area contributed by atoms with Crippen molar-refractivity contribution in [2.45, 2.75) is 6.18 Å². The van der Waals surface area contributed by atoms with Gasteiger partial charge in [0.1, 0.15) is 10.8 Å². The van der Waals surface area contributed by atoms with Crippen molar-refractivity contribution in [3.8, 4) is 17.0 Å². The number of ether oxygens (including phenoxy) is 1. The van der Waals surface area contributed by atoms with Gasteiger partial charge in [-0.05, 0) is 30.3 Å². The minimum absolute atomic E-state index is 0.00976. The van der Waals surface area contributed by atoms with Crippen LogP contribution in [-0.2, 0) is 6.18 Å². The second-order valence-corrected chi connectivity index (χ2v) is 6.85. The molecule has 31 heavy (non-hydrogen) atoms. The van der Waals surface area contributed by atoms with Crippen LogP contribution in [-0.4, -0.2) is 27.6 Å². The van der Waals surface area contributed by atoms with Crippen LogP contribution in [0.1, 0.15) is 16.2 Å². The predicted molar refractivity (Wildman–Crippen MR) is 109 cm³/mol. The number of carbonyl (C=O) groups excluding carboxylic acids is 1. The van der Waals surface area contributed by atoms with E-state index in [1.54, 1.807) is 54.6 Å². The van der Waals surface area contributed by atoms with Gasteiger partial charge in [0, 0.05) is 11.3 Å². The summed E-state index contributed by atoms with van der Waals surface area (Å²) < 4.78 is 47.0. The smallest absolute Gasteiger partial charge is 0.433 e. The number of anilines is 1. The molecule has 4 aromatic rings. The Morgan fingerprint density at radius 3 is 2.52 bits per heavy atom. The molecule has 0 atom stereocenters. The van der Waals surface area contributed by atoms with Crippen LogP contribution in [0.5, 0.6) is 5.75 Å². The maximum absolute atomic E-state index is 13.8. The lowest BCUT2D eigenvalue weighted by atomic mass is 10.1. The Morgan fingerprint density at radius 2 is 1.84 bits per heavy atom. The van der Waals surface area contributed by atoms with Crippen LogP contribution >= 0.6 is 11.6 Å². The van der Waals surface area contributed by atoms with E-state index < -0.39 is 17.8 Å². The summed E-state index contributed by atoms with van der Waals surface area (Å²) in [5.74, 6) is -0.298. The molecule has 0 aliphatic rings. The summed E-state index contributed by atoms with van der Waals surface area (Å²) in [4.78, 5) is 16.8. The number of hydrogen-bond donors (Lipinski definition) is 1. The summed E-state index contributed by atoms with van der Waals surface area (Å²) in [5.41, 5.74) is -0.924. The van der Waals surface area contributed by atoms with Crippen molar-refractivity contribution in [3.05, 3.63) is 77.1 Å². The second-order valence-electron chi connectivity index (χ2n) is 6.47. The molecule has 4 rings (SSSR count). The first-order chi connectivity index (χ1) is 14.8. The first kappa shape index (κ1) is 20.7. The van der Waals surface area contributed by atoms with Gasteiger partial charge in [-0.15, -0.1) is 0 Å². The third-order valence-electron chi connectivity index (χ3n) is 4.44. The Labute approximate surface area is 179 Å². The van der Waals surface area contributed by atoms with Crippen molar-refractivity contribution in [1.82, 2.24) is 14.6 Å². The molecule has 2 aromatic heterocycles. The zero-order chi connectivity index (χ0) is 22.2. The Bertz CT molecular complexity index is 1270. The average Bonchev–Trinajstić information content (AvgIpc) is 3.09. The van der Waals surface area contributed by atoms with Crippen LogP contribution in [0.4, 0.5) is 18.9 Å². The van der Waals surface area contributed by atoms with Gasteiger partial charge < -0.3 is 10.1 Å². The van der Waals surface area contributed by atoms with Crippen LogP contribution in [0, 0.1) is 0 Å². The Kier molecular flexibility index (Phi) is 5.28. The number of aromatic nitrogens is 3. The van der Waals surface area contributed by atoms with E-state index >= 15 is 0 Å². The molecule has 0 saturated carbocycles. The zero-order valence-electron chi connectivity index (χ0n) is 15.9. The highest BCUT2D eigenvalue weighted by atomic mass is 35.5. The summed E-state index contributed by atoms with van der Waals surface area (Å²) >= 11 is 6.26. The Morgan fingerprint density at radius 1 is 1.10 bits per heavy atom. The Balaban J connectivity index is 1.87.